The Morgan fingerprint density at radius 2 is 2.28 bits per heavy atom. The lowest BCUT2D eigenvalue weighted by molar-refractivity contribution is -0.123. The molecule has 1 saturated carbocycles. The van der Waals surface area contributed by atoms with Crippen molar-refractivity contribution in [3.63, 3.8) is 0 Å². The topological polar surface area (TPSA) is 64.3 Å². The Bertz CT molecular complexity index is 458. The van der Waals surface area contributed by atoms with Gasteiger partial charge in [-0.3, -0.25) is 4.79 Å². The van der Waals surface area contributed by atoms with Crippen LogP contribution in [0.1, 0.15) is 26.2 Å². The highest BCUT2D eigenvalue weighted by atomic mass is 19.1. The van der Waals surface area contributed by atoms with Crippen molar-refractivity contribution < 1.29 is 13.9 Å². The number of nitrogens with one attached hydrogen (secondary N) is 1. The Morgan fingerprint density at radius 1 is 1.56 bits per heavy atom. The van der Waals surface area contributed by atoms with E-state index in [9.17, 15) is 9.18 Å². The second kappa shape index (κ2) is 4.94. The van der Waals surface area contributed by atoms with Crippen LogP contribution in [0.15, 0.2) is 18.2 Å². The molecule has 0 bridgehead atoms. The van der Waals surface area contributed by atoms with Crippen molar-refractivity contribution in [1.29, 1.82) is 0 Å². The van der Waals surface area contributed by atoms with Crippen molar-refractivity contribution in [2.75, 3.05) is 11.9 Å². The first-order valence-corrected chi connectivity index (χ1v) is 6.08. The molecule has 1 aromatic carbocycles. The van der Waals surface area contributed by atoms with Crippen LogP contribution in [0.4, 0.5) is 10.1 Å². The van der Waals surface area contributed by atoms with Gasteiger partial charge >= 0.3 is 0 Å². The van der Waals surface area contributed by atoms with Crippen LogP contribution >= 0.6 is 0 Å². The van der Waals surface area contributed by atoms with E-state index in [4.69, 9.17) is 10.5 Å². The summed E-state index contributed by atoms with van der Waals surface area (Å²) in [4.78, 5) is 11.8. The molecule has 0 aromatic heterocycles. The van der Waals surface area contributed by atoms with Gasteiger partial charge in [-0.15, -0.1) is 0 Å². The Kier molecular flexibility index (Phi) is 3.52. The molecule has 98 valence electrons. The number of rotatable bonds is 4. The average molecular weight is 252 g/mol. The van der Waals surface area contributed by atoms with Gasteiger partial charge in [0.05, 0.1) is 12.1 Å². The van der Waals surface area contributed by atoms with Crippen molar-refractivity contribution in [1.82, 2.24) is 0 Å². The van der Waals surface area contributed by atoms with Crippen LogP contribution in [0, 0.1) is 5.82 Å². The van der Waals surface area contributed by atoms with E-state index in [-0.39, 0.29) is 11.7 Å². The van der Waals surface area contributed by atoms with Crippen molar-refractivity contribution in [3.05, 3.63) is 24.0 Å². The summed E-state index contributed by atoms with van der Waals surface area (Å²) in [6.07, 6.45) is 2.32. The van der Waals surface area contributed by atoms with Gasteiger partial charge in [0.1, 0.15) is 0 Å². The molecule has 0 heterocycles. The zero-order valence-electron chi connectivity index (χ0n) is 10.3. The minimum absolute atomic E-state index is 0.182. The van der Waals surface area contributed by atoms with E-state index in [0.717, 1.165) is 6.42 Å². The first-order chi connectivity index (χ1) is 8.55. The second-order valence-corrected chi connectivity index (χ2v) is 4.54. The Morgan fingerprint density at radius 3 is 2.78 bits per heavy atom. The van der Waals surface area contributed by atoms with Crippen molar-refractivity contribution in [3.8, 4) is 5.75 Å². The highest BCUT2D eigenvalue weighted by Gasteiger charge is 2.40. The van der Waals surface area contributed by atoms with Crippen LogP contribution in [-0.2, 0) is 4.79 Å². The molecule has 3 N–H and O–H groups in total. The van der Waals surface area contributed by atoms with Crippen LogP contribution in [0.5, 0.6) is 5.75 Å². The van der Waals surface area contributed by atoms with Crippen LogP contribution in [-0.4, -0.2) is 18.1 Å². The van der Waals surface area contributed by atoms with E-state index in [1.165, 1.54) is 12.1 Å². The molecule has 1 aliphatic carbocycles. The number of anilines is 1. The third-order valence-electron chi connectivity index (χ3n) is 3.19. The summed E-state index contributed by atoms with van der Waals surface area (Å²) < 4.78 is 18.7. The van der Waals surface area contributed by atoms with Gasteiger partial charge in [0.2, 0.25) is 5.91 Å². The lowest BCUT2D eigenvalue weighted by atomic mass is 9.77. The predicted molar refractivity (Wildman–Crippen MR) is 67.0 cm³/mol. The summed E-state index contributed by atoms with van der Waals surface area (Å²) in [5.41, 5.74) is 5.50. The summed E-state index contributed by atoms with van der Waals surface area (Å²) in [6, 6.07) is 4.34. The molecule has 4 nitrogen and oxygen atoms in total. The molecule has 1 fully saturated rings. The lowest BCUT2D eigenvalue weighted by Gasteiger charge is -2.36. The number of hydrogen-bond donors (Lipinski definition) is 2. The van der Waals surface area contributed by atoms with Gasteiger partial charge in [-0.05, 0) is 38.3 Å². The first-order valence-electron chi connectivity index (χ1n) is 6.08. The van der Waals surface area contributed by atoms with E-state index in [1.54, 1.807) is 13.0 Å². The van der Waals surface area contributed by atoms with Crippen LogP contribution in [0.25, 0.3) is 0 Å². The van der Waals surface area contributed by atoms with E-state index < -0.39 is 11.4 Å². The third kappa shape index (κ3) is 2.46. The standard InChI is InChI=1S/C13H17FN2O2/c1-2-18-11-5-4-9(8-10(11)14)16-12(17)13(15)6-3-7-13/h4-5,8H,2-3,6-7,15H2,1H3,(H,16,17). The third-order valence-corrected chi connectivity index (χ3v) is 3.19. The Hall–Kier alpha value is -1.62. The molecule has 0 atom stereocenters. The summed E-state index contributed by atoms with van der Waals surface area (Å²) >= 11 is 0. The van der Waals surface area contributed by atoms with Gasteiger partial charge < -0.3 is 15.8 Å². The zero-order chi connectivity index (χ0) is 13.2. The predicted octanol–water partition coefficient (Wildman–Crippen LogP) is 2.04. The number of carbonyl (C=O) groups is 1. The fourth-order valence-corrected chi connectivity index (χ4v) is 1.89. The number of ether oxygens (including phenoxy) is 1. The molecule has 1 amide bonds. The molecule has 5 heteroatoms. The summed E-state index contributed by atoms with van der Waals surface area (Å²) in [7, 11) is 0. The molecular weight excluding hydrogens is 235 g/mol. The molecule has 0 radical (unpaired) electrons. The fourth-order valence-electron chi connectivity index (χ4n) is 1.89. The molecule has 1 aliphatic rings. The molecule has 2 rings (SSSR count). The average Bonchev–Trinajstić information content (AvgIpc) is 2.29. The Balaban J connectivity index is 2.06. The summed E-state index contributed by atoms with van der Waals surface area (Å²) in [5, 5.41) is 2.64. The number of amides is 1. The van der Waals surface area contributed by atoms with Crippen LogP contribution in [0.2, 0.25) is 0 Å². The molecule has 18 heavy (non-hydrogen) atoms. The minimum Gasteiger partial charge on any atom is -0.491 e. The van der Waals surface area contributed by atoms with Gasteiger partial charge in [0.15, 0.2) is 11.6 Å². The lowest BCUT2D eigenvalue weighted by Crippen LogP contribution is -2.56. The molecule has 1 aromatic rings. The minimum atomic E-state index is -0.783. The highest BCUT2D eigenvalue weighted by Crippen LogP contribution is 2.30. The zero-order valence-corrected chi connectivity index (χ0v) is 10.3. The largest absolute Gasteiger partial charge is 0.491 e. The fraction of sp³-hybridized carbons (Fsp3) is 0.462. The smallest absolute Gasteiger partial charge is 0.244 e. The van der Waals surface area contributed by atoms with E-state index >= 15 is 0 Å². The normalized spacial score (nSPS) is 16.8. The van der Waals surface area contributed by atoms with Crippen molar-refractivity contribution in [2.45, 2.75) is 31.7 Å². The SMILES string of the molecule is CCOc1ccc(NC(=O)C2(N)CCC2)cc1F. The van der Waals surface area contributed by atoms with E-state index in [2.05, 4.69) is 5.32 Å². The number of benzene rings is 1. The van der Waals surface area contributed by atoms with Crippen molar-refractivity contribution >= 4 is 11.6 Å². The maximum atomic E-state index is 13.6. The van der Waals surface area contributed by atoms with Gasteiger partial charge in [-0.2, -0.15) is 0 Å². The van der Waals surface area contributed by atoms with Crippen molar-refractivity contribution in [2.24, 2.45) is 5.73 Å². The van der Waals surface area contributed by atoms with E-state index in [1.807, 2.05) is 0 Å². The summed E-state index contributed by atoms with van der Waals surface area (Å²) in [6.45, 7) is 2.18. The van der Waals surface area contributed by atoms with Gasteiger partial charge in [0, 0.05) is 11.8 Å². The number of halogens is 1. The van der Waals surface area contributed by atoms with Gasteiger partial charge in [-0.1, -0.05) is 0 Å². The molecule has 0 aliphatic heterocycles. The van der Waals surface area contributed by atoms with Gasteiger partial charge in [-0.25, -0.2) is 4.39 Å². The number of hydrogen-bond acceptors (Lipinski definition) is 3. The van der Waals surface area contributed by atoms with E-state index in [0.29, 0.717) is 25.1 Å². The molecular formula is C13H17FN2O2. The van der Waals surface area contributed by atoms with Crippen LogP contribution < -0.4 is 15.8 Å². The Labute approximate surface area is 105 Å². The highest BCUT2D eigenvalue weighted by molar-refractivity contribution is 5.98. The molecule has 0 unspecified atom stereocenters. The van der Waals surface area contributed by atoms with Gasteiger partial charge in [0.25, 0.3) is 0 Å². The van der Waals surface area contributed by atoms with Crippen LogP contribution in [0.3, 0.4) is 0 Å². The summed E-state index contributed by atoms with van der Waals surface area (Å²) in [5.74, 6) is -0.562. The molecule has 0 spiro atoms. The monoisotopic (exact) mass is 252 g/mol. The quantitative estimate of drug-likeness (QED) is 0.862. The second-order valence-electron chi connectivity index (χ2n) is 4.54. The molecule has 0 saturated heterocycles. The first kappa shape index (κ1) is 12.8. The number of nitrogens with two attached hydrogens (primary N) is 1. The maximum Gasteiger partial charge on any atom is 0.244 e. The number of carbonyl (C=O) groups excluding carboxylic acids is 1. The maximum absolute atomic E-state index is 13.6.